The zero-order valence-corrected chi connectivity index (χ0v) is 44.4. The second-order valence-corrected chi connectivity index (χ2v) is 19.6. The summed E-state index contributed by atoms with van der Waals surface area (Å²) in [4.78, 5) is 175. The Bertz CT molecular complexity index is 3050. The minimum absolute atomic E-state index is 0.192. The predicted molar refractivity (Wildman–Crippen MR) is 276 cm³/mol. The maximum atomic E-state index is 14.8. The van der Waals surface area contributed by atoms with Gasteiger partial charge in [0, 0.05) is 28.2 Å². The van der Waals surface area contributed by atoms with Crippen LogP contribution in [0.2, 0.25) is 0 Å². The van der Waals surface area contributed by atoms with Gasteiger partial charge in [0.2, 0.25) is 35.4 Å². The Hall–Kier alpha value is -8.64. The van der Waals surface area contributed by atoms with E-state index in [-0.39, 0.29) is 24.1 Å². The minimum atomic E-state index is -1.79. The van der Waals surface area contributed by atoms with E-state index in [0.29, 0.717) is 16.6 Å². The molecule has 4 aromatic rings. The molecule has 410 valence electrons. The molecule has 0 saturated heterocycles. The summed E-state index contributed by atoms with van der Waals surface area (Å²) in [6, 6.07) is 1.24. The largest absolute Gasteiger partial charge is 0.461 e. The number of carbonyl (C=O) groups is 10. The second kappa shape index (κ2) is 24.8. The molecule has 2 aromatic carbocycles. The molecule has 6 rings (SSSR count). The van der Waals surface area contributed by atoms with Crippen molar-refractivity contribution in [2.75, 3.05) is 41.4 Å². The van der Waals surface area contributed by atoms with Gasteiger partial charge in [0.1, 0.15) is 67.2 Å². The Kier molecular flexibility index (Phi) is 18.6. The van der Waals surface area contributed by atoms with Gasteiger partial charge in [-0.3, -0.25) is 48.1 Å². The third kappa shape index (κ3) is 13.3. The van der Waals surface area contributed by atoms with Crippen LogP contribution < -0.4 is 26.8 Å². The molecule has 0 radical (unpaired) electrons. The standard InChI is InChI=1S/C52H64N12O13/c1-26(2)40-51(74)76-24-35(59-42(65)34-23-53-30-17-11-12-18-31(30)56-34)43(66)54-28(5)47(70)61(7)37-21-15-16-22-38(49(72)63(40)9)62(8)48(71)29(6)55-44(67)36(25-77-52(75)41(27(3)4)64(10)50(37)73)60-46(69)39-45(68)58-33-20-14-13-19-32(33)57-39/h11-20,23,26-29,35-38,40-41H,21-22,24-25H2,1-10H3,(H,54,66)(H,55,67)(H,58,68)(H,59,65)(H,60,69)/b16-15-/t28?,29?,35?,36?,37-,38-,40?,41?/m0/s1. The summed E-state index contributed by atoms with van der Waals surface area (Å²) in [7, 11) is 5.21. The van der Waals surface area contributed by atoms with Crippen molar-refractivity contribution in [2.24, 2.45) is 11.8 Å². The average Bonchev–Trinajstić information content (AvgIpc) is 3.39. The van der Waals surface area contributed by atoms with Gasteiger partial charge >= 0.3 is 11.9 Å². The minimum Gasteiger partial charge on any atom is -0.461 e. The van der Waals surface area contributed by atoms with Crippen molar-refractivity contribution in [2.45, 2.75) is 103 Å². The molecule has 4 heterocycles. The molecule has 25 nitrogen and oxygen atoms in total. The number of nitrogens with one attached hydrogen (secondary N) is 5. The summed E-state index contributed by atoms with van der Waals surface area (Å²) in [5.41, 5.74) is -0.312. The molecule has 8 amide bonds. The number of esters is 2. The van der Waals surface area contributed by atoms with Crippen molar-refractivity contribution in [1.82, 2.24) is 60.8 Å². The number of cyclic esters (lactones) is 2. The number of amides is 8. The maximum absolute atomic E-state index is 14.8. The van der Waals surface area contributed by atoms with Gasteiger partial charge in [0.05, 0.1) is 28.3 Å². The topological polar surface area (TPSA) is 322 Å². The first kappa shape index (κ1) is 57.6. The Morgan fingerprint density at radius 3 is 1.51 bits per heavy atom. The van der Waals surface area contributed by atoms with E-state index in [1.54, 1.807) is 70.2 Å². The highest BCUT2D eigenvalue weighted by Gasteiger charge is 2.42. The van der Waals surface area contributed by atoms with Crippen molar-refractivity contribution in [3.05, 3.63) is 88.6 Å². The van der Waals surface area contributed by atoms with Crippen LogP contribution in [0.5, 0.6) is 0 Å². The predicted octanol–water partition coefficient (Wildman–Crippen LogP) is -0.157. The molecular weight excluding hydrogens is 1000 g/mol. The number of ether oxygens (including phenoxy) is 2. The summed E-state index contributed by atoms with van der Waals surface area (Å²) in [5.74, 6) is -10.7. The Morgan fingerprint density at radius 1 is 0.584 bits per heavy atom. The first-order valence-corrected chi connectivity index (χ1v) is 24.9. The zero-order chi connectivity index (χ0) is 56.6. The number of nitrogens with zero attached hydrogens (tertiary/aromatic N) is 7. The van der Waals surface area contributed by atoms with E-state index in [9.17, 15) is 52.7 Å². The lowest BCUT2D eigenvalue weighted by molar-refractivity contribution is -0.160. The van der Waals surface area contributed by atoms with Crippen molar-refractivity contribution >= 4 is 81.3 Å². The van der Waals surface area contributed by atoms with Gasteiger partial charge < -0.3 is 55.3 Å². The van der Waals surface area contributed by atoms with Crippen LogP contribution >= 0.6 is 0 Å². The Labute approximate surface area is 442 Å². The quantitative estimate of drug-likeness (QED) is 0.124. The normalized spacial score (nSPS) is 24.8. The van der Waals surface area contributed by atoms with Crippen LogP contribution in [0.3, 0.4) is 0 Å². The van der Waals surface area contributed by atoms with Crippen LogP contribution in [-0.4, -0.2) is 188 Å². The van der Waals surface area contributed by atoms with Crippen LogP contribution in [-0.2, 0) is 47.8 Å². The van der Waals surface area contributed by atoms with Crippen molar-refractivity contribution in [1.29, 1.82) is 0 Å². The second-order valence-electron chi connectivity index (χ2n) is 19.6. The summed E-state index contributed by atoms with van der Waals surface area (Å²) >= 11 is 0. The molecule has 0 fully saturated rings. The number of aromatic nitrogens is 4. The maximum Gasteiger partial charge on any atom is 0.329 e. The van der Waals surface area contributed by atoms with E-state index in [4.69, 9.17) is 9.47 Å². The van der Waals surface area contributed by atoms with E-state index >= 15 is 0 Å². The molecule has 0 aliphatic carbocycles. The van der Waals surface area contributed by atoms with Gasteiger partial charge in [-0.15, -0.1) is 0 Å². The van der Waals surface area contributed by atoms with Gasteiger partial charge in [-0.2, -0.15) is 0 Å². The monoisotopic (exact) mass is 1060 g/mol. The number of para-hydroxylation sites is 4. The fourth-order valence-corrected chi connectivity index (χ4v) is 9.04. The molecule has 5 N–H and O–H groups in total. The lowest BCUT2D eigenvalue weighted by Crippen LogP contribution is -2.60. The Balaban J connectivity index is 1.41. The number of benzene rings is 2. The van der Waals surface area contributed by atoms with Gasteiger partial charge in [-0.1, -0.05) is 64.1 Å². The summed E-state index contributed by atoms with van der Waals surface area (Å²) in [5, 5.41) is 9.94. The number of hydrogen-bond acceptors (Lipinski definition) is 16. The molecule has 25 heteroatoms. The number of H-pyrrole nitrogens is 1. The number of carbonyl (C=O) groups excluding carboxylic acids is 10. The van der Waals surface area contributed by atoms with E-state index in [0.717, 1.165) is 19.6 Å². The van der Waals surface area contributed by atoms with E-state index in [1.807, 2.05) is 0 Å². The molecular formula is C52H64N12O13. The smallest absolute Gasteiger partial charge is 0.329 e. The highest BCUT2D eigenvalue weighted by atomic mass is 16.5. The van der Waals surface area contributed by atoms with Crippen molar-refractivity contribution in [3.8, 4) is 0 Å². The van der Waals surface area contributed by atoms with Crippen LogP contribution in [0.25, 0.3) is 22.1 Å². The molecule has 2 bridgehead atoms. The molecule has 2 aliphatic heterocycles. The fraction of sp³-hybridized carbons (Fsp3) is 0.462. The van der Waals surface area contributed by atoms with Crippen LogP contribution in [0.1, 0.15) is 75.4 Å². The number of likely N-dealkylation sites (N-methyl/N-ethyl adjacent to an activating group) is 4. The van der Waals surface area contributed by atoms with Gasteiger partial charge in [0.25, 0.3) is 17.4 Å². The molecule has 6 unspecified atom stereocenters. The molecule has 0 saturated carbocycles. The molecule has 0 spiro atoms. The highest BCUT2D eigenvalue weighted by molar-refractivity contribution is 6.00. The van der Waals surface area contributed by atoms with Gasteiger partial charge in [-0.25, -0.2) is 19.6 Å². The molecule has 8 atom stereocenters. The van der Waals surface area contributed by atoms with Gasteiger partial charge in [0.15, 0.2) is 5.69 Å². The lowest BCUT2D eigenvalue weighted by atomic mass is 9.99. The average molecular weight is 1070 g/mol. The first-order chi connectivity index (χ1) is 36.4. The fourth-order valence-electron chi connectivity index (χ4n) is 9.04. The van der Waals surface area contributed by atoms with E-state index in [2.05, 4.69) is 41.2 Å². The molecule has 77 heavy (non-hydrogen) atoms. The van der Waals surface area contributed by atoms with E-state index < -0.39 is 144 Å². The SMILES string of the molecule is CC1NC(=O)C(NC(=O)c2cnc3ccccc3n2)COC(=O)C(C(C)C)N(C)C(=O)[C@@H]2C/C=C\C[C@@H](C(=O)N(C)C(C(C)C)C(=O)OCC(NC(=O)c3nc4ccccc4[nH]c3=O)C(=O)NC(C)C(=O)N2C)N(C)C1=O. The van der Waals surface area contributed by atoms with Crippen LogP contribution in [0.4, 0.5) is 0 Å². The number of rotatable bonds is 6. The lowest BCUT2D eigenvalue weighted by Gasteiger charge is -2.37. The number of fused-ring (bicyclic) bond motifs is 6. The molecule has 2 aliphatic rings. The Morgan fingerprint density at radius 2 is 1.03 bits per heavy atom. The highest BCUT2D eigenvalue weighted by Crippen LogP contribution is 2.21. The zero-order valence-electron chi connectivity index (χ0n) is 44.4. The van der Waals surface area contributed by atoms with E-state index in [1.165, 1.54) is 66.5 Å². The van der Waals surface area contributed by atoms with Crippen molar-refractivity contribution in [3.63, 3.8) is 0 Å². The van der Waals surface area contributed by atoms with Crippen molar-refractivity contribution < 1.29 is 57.4 Å². The number of hydrogen-bond donors (Lipinski definition) is 5. The summed E-state index contributed by atoms with van der Waals surface area (Å²) in [6.45, 7) is 7.42. The van der Waals surface area contributed by atoms with Crippen LogP contribution in [0.15, 0.2) is 71.7 Å². The third-order valence-electron chi connectivity index (χ3n) is 13.3. The van der Waals surface area contributed by atoms with Gasteiger partial charge in [-0.05, 0) is 62.8 Å². The first-order valence-electron chi connectivity index (χ1n) is 24.9. The third-order valence-corrected chi connectivity index (χ3v) is 13.3. The summed E-state index contributed by atoms with van der Waals surface area (Å²) < 4.78 is 11.4. The molecule has 2 aromatic heterocycles. The van der Waals surface area contributed by atoms with Crippen LogP contribution in [0, 0.1) is 11.8 Å². The number of aromatic amines is 1. The summed E-state index contributed by atoms with van der Waals surface area (Å²) in [6.07, 6.45) is 3.70.